The number of hydrogen-bond acceptors (Lipinski definition) is 3. The van der Waals surface area contributed by atoms with Gasteiger partial charge in [-0.25, -0.2) is 4.98 Å². The molecule has 7 heteroatoms. The van der Waals surface area contributed by atoms with Crippen molar-refractivity contribution in [1.82, 2.24) is 4.98 Å². The summed E-state index contributed by atoms with van der Waals surface area (Å²) in [5, 5.41) is 3.07. The number of nitrogens with one attached hydrogen (secondary N) is 1. The van der Waals surface area contributed by atoms with Crippen LogP contribution >= 0.6 is 11.3 Å². The zero-order valence-corrected chi connectivity index (χ0v) is 13.5. The summed E-state index contributed by atoms with van der Waals surface area (Å²) in [6.45, 7) is 2.02. The number of para-hydroxylation sites is 1. The Labute approximate surface area is 140 Å². The van der Waals surface area contributed by atoms with Crippen LogP contribution in [0.1, 0.15) is 28.4 Å². The van der Waals surface area contributed by atoms with Crippen molar-refractivity contribution in [3.05, 3.63) is 59.2 Å². The minimum atomic E-state index is -4.42. The minimum absolute atomic E-state index is 0.151. The third-order valence-corrected chi connectivity index (χ3v) is 4.51. The van der Waals surface area contributed by atoms with Crippen molar-refractivity contribution >= 4 is 32.6 Å². The van der Waals surface area contributed by atoms with Gasteiger partial charge in [0.05, 0.1) is 15.8 Å². The molecule has 2 aromatic carbocycles. The van der Waals surface area contributed by atoms with Crippen molar-refractivity contribution < 1.29 is 18.0 Å². The average molecular weight is 350 g/mol. The number of amides is 1. The van der Waals surface area contributed by atoms with Gasteiger partial charge in [-0.1, -0.05) is 30.4 Å². The molecule has 0 spiro atoms. The van der Waals surface area contributed by atoms with Gasteiger partial charge < -0.3 is 0 Å². The van der Waals surface area contributed by atoms with Crippen LogP contribution in [0.5, 0.6) is 0 Å². The lowest BCUT2D eigenvalue weighted by atomic mass is 10.1. The van der Waals surface area contributed by atoms with Gasteiger partial charge in [0, 0.05) is 5.56 Å². The first-order valence-electron chi connectivity index (χ1n) is 7.25. The summed E-state index contributed by atoms with van der Waals surface area (Å²) < 4.78 is 38.6. The molecule has 0 saturated carbocycles. The van der Waals surface area contributed by atoms with E-state index in [1.165, 1.54) is 11.3 Å². The van der Waals surface area contributed by atoms with Crippen LogP contribution < -0.4 is 5.32 Å². The highest BCUT2D eigenvalue weighted by molar-refractivity contribution is 7.22. The van der Waals surface area contributed by atoms with Crippen LogP contribution in [0.3, 0.4) is 0 Å². The normalized spacial score (nSPS) is 11.7. The second-order valence-corrected chi connectivity index (χ2v) is 6.20. The lowest BCUT2D eigenvalue weighted by molar-refractivity contribution is -0.137. The van der Waals surface area contributed by atoms with E-state index in [4.69, 9.17) is 0 Å². The predicted octanol–water partition coefficient (Wildman–Crippen LogP) is 5.13. The summed E-state index contributed by atoms with van der Waals surface area (Å²) in [5.41, 5.74) is 1.29. The first-order valence-corrected chi connectivity index (χ1v) is 8.07. The maximum Gasteiger partial charge on any atom is 0.416 e. The van der Waals surface area contributed by atoms with Crippen molar-refractivity contribution in [2.45, 2.75) is 19.5 Å². The number of aromatic nitrogens is 1. The predicted molar refractivity (Wildman–Crippen MR) is 88.4 cm³/mol. The van der Waals surface area contributed by atoms with E-state index in [1.807, 2.05) is 25.1 Å². The monoisotopic (exact) mass is 350 g/mol. The molecule has 0 fully saturated rings. The van der Waals surface area contributed by atoms with Gasteiger partial charge in [-0.2, -0.15) is 13.2 Å². The maximum absolute atomic E-state index is 12.5. The van der Waals surface area contributed by atoms with Crippen molar-refractivity contribution in [3.63, 3.8) is 0 Å². The summed E-state index contributed by atoms with van der Waals surface area (Å²) in [5.74, 6) is -0.485. The van der Waals surface area contributed by atoms with Crippen molar-refractivity contribution in [2.24, 2.45) is 0 Å². The molecule has 0 unspecified atom stereocenters. The fourth-order valence-electron chi connectivity index (χ4n) is 2.32. The third-order valence-electron chi connectivity index (χ3n) is 3.58. The van der Waals surface area contributed by atoms with Gasteiger partial charge in [-0.05, 0) is 42.3 Å². The fraction of sp³-hybridized carbons (Fsp3) is 0.176. The molecule has 0 saturated heterocycles. The number of fused-ring (bicyclic) bond motifs is 1. The van der Waals surface area contributed by atoms with Crippen molar-refractivity contribution in [3.8, 4) is 0 Å². The van der Waals surface area contributed by atoms with E-state index in [2.05, 4.69) is 10.3 Å². The molecule has 0 bridgehead atoms. The molecule has 0 aliphatic heterocycles. The van der Waals surface area contributed by atoms with Crippen LogP contribution in [0.25, 0.3) is 10.2 Å². The van der Waals surface area contributed by atoms with Gasteiger partial charge >= 0.3 is 6.18 Å². The molecule has 3 nitrogen and oxygen atoms in total. The van der Waals surface area contributed by atoms with Crippen LogP contribution in [-0.4, -0.2) is 10.9 Å². The number of thiazole rings is 1. The van der Waals surface area contributed by atoms with Crippen molar-refractivity contribution in [2.75, 3.05) is 5.32 Å². The Bertz CT molecular complexity index is 885. The topological polar surface area (TPSA) is 42.0 Å². The number of carbonyl (C=O) groups excluding carboxylic acids is 1. The van der Waals surface area contributed by atoms with Crippen LogP contribution in [0.15, 0.2) is 42.5 Å². The quantitative estimate of drug-likeness (QED) is 0.711. The number of benzene rings is 2. The zero-order valence-electron chi connectivity index (χ0n) is 12.6. The Morgan fingerprint density at radius 1 is 1.17 bits per heavy atom. The molecule has 1 amide bonds. The van der Waals surface area contributed by atoms with Gasteiger partial charge in [-0.3, -0.25) is 10.1 Å². The average Bonchev–Trinajstić information content (AvgIpc) is 2.96. The van der Waals surface area contributed by atoms with E-state index in [0.717, 1.165) is 46.5 Å². The molecule has 0 aliphatic carbocycles. The molecule has 1 aromatic heterocycles. The number of nitrogens with zero attached hydrogens (tertiary/aromatic N) is 1. The van der Waals surface area contributed by atoms with E-state index in [-0.39, 0.29) is 5.56 Å². The summed E-state index contributed by atoms with van der Waals surface area (Å²) >= 11 is 1.33. The van der Waals surface area contributed by atoms with Gasteiger partial charge in [0.25, 0.3) is 5.91 Å². The SMILES string of the molecule is CCc1cccc2sc(NC(=O)c3ccc(C(F)(F)F)cc3)nc12. The maximum atomic E-state index is 12.5. The van der Waals surface area contributed by atoms with E-state index < -0.39 is 17.6 Å². The van der Waals surface area contributed by atoms with E-state index >= 15 is 0 Å². The first kappa shape index (κ1) is 16.4. The lowest BCUT2D eigenvalue weighted by Crippen LogP contribution is -2.12. The van der Waals surface area contributed by atoms with Crippen LogP contribution in [0, 0.1) is 0 Å². The number of halogens is 3. The lowest BCUT2D eigenvalue weighted by Gasteiger charge is -2.07. The summed E-state index contributed by atoms with van der Waals surface area (Å²) in [6, 6.07) is 9.92. The second-order valence-electron chi connectivity index (χ2n) is 5.17. The highest BCUT2D eigenvalue weighted by Gasteiger charge is 2.30. The number of hydrogen-bond donors (Lipinski definition) is 1. The molecule has 0 radical (unpaired) electrons. The summed E-state index contributed by atoms with van der Waals surface area (Å²) in [4.78, 5) is 16.6. The Morgan fingerprint density at radius 3 is 2.50 bits per heavy atom. The second kappa shape index (κ2) is 6.24. The highest BCUT2D eigenvalue weighted by Crippen LogP contribution is 2.30. The number of alkyl halides is 3. The van der Waals surface area contributed by atoms with E-state index in [1.54, 1.807) is 0 Å². The number of anilines is 1. The van der Waals surface area contributed by atoms with Gasteiger partial charge in [0.1, 0.15) is 0 Å². The van der Waals surface area contributed by atoms with E-state index in [9.17, 15) is 18.0 Å². The molecule has 3 rings (SSSR count). The molecule has 1 heterocycles. The Balaban J connectivity index is 1.82. The molecule has 1 N–H and O–H groups in total. The molecular formula is C17H13F3N2OS. The Kier molecular flexibility index (Phi) is 4.28. The Morgan fingerprint density at radius 2 is 1.88 bits per heavy atom. The zero-order chi connectivity index (χ0) is 17.3. The molecule has 3 aromatic rings. The van der Waals surface area contributed by atoms with Gasteiger partial charge in [-0.15, -0.1) is 0 Å². The van der Waals surface area contributed by atoms with Crippen LogP contribution in [0.4, 0.5) is 18.3 Å². The molecule has 24 heavy (non-hydrogen) atoms. The van der Waals surface area contributed by atoms with Crippen LogP contribution in [0.2, 0.25) is 0 Å². The third kappa shape index (κ3) is 3.26. The smallest absolute Gasteiger partial charge is 0.298 e. The van der Waals surface area contributed by atoms with Gasteiger partial charge in [0.15, 0.2) is 5.13 Å². The number of carbonyl (C=O) groups is 1. The summed E-state index contributed by atoms with van der Waals surface area (Å²) in [6.07, 6.45) is -3.59. The Hall–Kier alpha value is -2.41. The number of aryl methyl sites for hydroxylation is 1. The van der Waals surface area contributed by atoms with Crippen molar-refractivity contribution in [1.29, 1.82) is 0 Å². The standard InChI is InChI=1S/C17H13F3N2OS/c1-2-10-4-3-5-13-14(10)21-16(24-13)22-15(23)11-6-8-12(9-7-11)17(18,19)20/h3-9H,2H2,1H3,(H,21,22,23). The van der Waals surface area contributed by atoms with Gasteiger partial charge in [0.2, 0.25) is 0 Å². The molecule has 0 aliphatic rings. The molecule has 124 valence electrons. The fourth-order valence-corrected chi connectivity index (χ4v) is 3.23. The summed E-state index contributed by atoms with van der Waals surface area (Å²) in [7, 11) is 0. The molecule has 0 atom stereocenters. The number of rotatable bonds is 3. The largest absolute Gasteiger partial charge is 0.416 e. The first-order chi connectivity index (χ1) is 11.4. The minimum Gasteiger partial charge on any atom is -0.298 e. The van der Waals surface area contributed by atoms with Crippen LogP contribution in [-0.2, 0) is 12.6 Å². The van der Waals surface area contributed by atoms with E-state index in [0.29, 0.717) is 5.13 Å². The highest BCUT2D eigenvalue weighted by atomic mass is 32.1. The molecular weight excluding hydrogens is 337 g/mol.